The molecule has 1 aromatic carbocycles. The molecule has 0 atom stereocenters. The molecule has 0 unspecified atom stereocenters. The second-order valence-corrected chi connectivity index (χ2v) is 8.03. The molecule has 1 N–H and O–H groups in total. The number of benzene rings is 1. The van der Waals surface area contributed by atoms with E-state index in [0.29, 0.717) is 24.7 Å². The summed E-state index contributed by atoms with van der Waals surface area (Å²) in [5.74, 6) is -1.45. The van der Waals surface area contributed by atoms with Crippen molar-refractivity contribution < 1.29 is 13.5 Å². The predicted molar refractivity (Wildman–Crippen MR) is 126 cm³/mol. The number of nitrogens with zero attached hydrogens (tertiary/aromatic N) is 5. The van der Waals surface area contributed by atoms with Crippen LogP contribution < -0.4 is 15.2 Å². The molecule has 11 heteroatoms. The Labute approximate surface area is 193 Å². The molecule has 0 spiro atoms. The number of halogens is 2. The van der Waals surface area contributed by atoms with Gasteiger partial charge in [0, 0.05) is 24.2 Å². The number of fused-ring (bicyclic) bond motifs is 1. The number of aromatic amines is 1. The van der Waals surface area contributed by atoms with Crippen LogP contribution in [0.1, 0.15) is 37.8 Å². The number of methoxy groups -OCH3 is 1. The van der Waals surface area contributed by atoms with Crippen molar-refractivity contribution in [3.63, 3.8) is 0 Å². The van der Waals surface area contributed by atoms with Crippen molar-refractivity contribution in [2.24, 2.45) is 0 Å². The number of nitrogens with one attached hydrogen (secondary N) is 1. The van der Waals surface area contributed by atoms with E-state index in [9.17, 15) is 13.6 Å². The average Bonchev–Trinajstić information content (AvgIpc) is 3.34. The molecular weight excluding hydrogens is 450 g/mol. The highest BCUT2D eigenvalue weighted by molar-refractivity contribution is 7.09. The lowest BCUT2D eigenvalue weighted by Gasteiger charge is -2.17. The second-order valence-electron chi connectivity index (χ2n) is 7.09. The molecule has 0 amide bonds. The number of aromatic nitrogens is 5. The summed E-state index contributed by atoms with van der Waals surface area (Å²) >= 11 is 1.45. The lowest BCUT2D eigenvalue weighted by atomic mass is 10.2. The van der Waals surface area contributed by atoms with Gasteiger partial charge in [-0.15, -0.1) is 16.4 Å². The molecule has 0 saturated heterocycles. The first-order chi connectivity index (χ1) is 15.4. The third-order valence-corrected chi connectivity index (χ3v) is 6.05. The van der Waals surface area contributed by atoms with E-state index in [2.05, 4.69) is 20.1 Å². The van der Waals surface area contributed by atoms with Gasteiger partial charge in [0.05, 0.1) is 13.5 Å². The molecule has 8 nitrogen and oxygen atoms in total. The van der Waals surface area contributed by atoms with Crippen LogP contribution in [0.25, 0.3) is 16.7 Å². The smallest absolute Gasteiger partial charge is 0.264 e. The summed E-state index contributed by atoms with van der Waals surface area (Å²) < 4.78 is 35.5. The monoisotopic (exact) mass is 476 g/mol. The maximum absolute atomic E-state index is 14.9. The van der Waals surface area contributed by atoms with Crippen molar-refractivity contribution in [3.05, 3.63) is 56.0 Å². The molecule has 0 fully saturated rings. The molecule has 33 heavy (non-hydrogen) atoms. The molecule has 0 aliphatic carbocycles. The number of hydrogen-bond donors (Lipinski definition) is 1. The summed E-state index contributed by atoms with van der Waals surface area (Å²) in [6.45, 7) is 6.83. The number of aryl methyl sites for hydroxylation is 1. The number of hydrogen-bond acceptors (Lipinski definition) is 7. The highest BCUT2D eigenvalue weighted by Gasteiger charge is 2.26. The van der Waals surface area contributed by atoms with Crippen LogP contribution in [-0.4, -0.2) is 44.9 Å². The largest absolute Gasteiger partial charge is 0.494 e. The molecule has 0 bridgehead atoms. The molecule has 176 valence electrons. The van der Waals surface area contributed by atoms with Gasteiger partial charge in [0.15, 0.2) is 23.1 Å². The minimum Gasteiger partial charge on any atom is -0.494 e. The van der Waals surface area contributed by atoms with Crippen molar-refractivity contribution in [3.8, 4) is 11.4 Å². The first-order valence-corrected chi connectivity index (χ1v) is 11.0. The fourth-order valence-electron chi connectivity index (χ4n) is 3.55. The van der Waals surface area contributed by atoms with Gasteiger partial charge >= 0.3 is 0 Å². The van der Waals surface area contributed by atoms with Crippen molar-refractivity contribution in [2.45, 2.75) is 34.6 Å². The van der Waals surface area contributed by atoms with Crippen LogP contribution in [-0.2, 0) is 6.42 Å². The van der Waals surface area contributed by atoms with Gasteiger partial charge in [-0.2, -0.15) is 0 Å². The summed E-state index contributed by atoms with van der Waals surface area (Å²) in [6, 6.07) is 2.29. The van der Waals surface area contributed by atoms with Gasteiger partial charge in [0.1, 0.15) is 27.7 Å². The fraction of sp³-hybridized carbons (Fsp3) is 0.364. The number of H-pyrrole nitrogens is 1. The maximum atomic E-state index is 14.9. The Hall–Kier alpha value is -3.34. The Morgan fingerprint density at radius 3 is 2.55 bits per heavy atom. The van der Waals surface area contributed by atoms with Gasteiger partial charge in [-0.25, -0.2) is 23.4 Å². The van der Waals surface area contributed by atoms with Crippen molar-refractivity contribution >= 4 is 28.2 Å². The van der Waals surface area contributed by atoms with E-state index in [1.807, 2.05) is 31.1 Å². The second kappa shape index (κ2) is 9.65. The van der Waals surface area contributed by atoms with E-state index in [0.717, 1.165) is 21.4 Å². The van der Waals surface area contributed by atoms with Crippen LogP contribution >= 0.6 is 11.3 Å². The minimum atomic E-state index is -1.14. The van der Waals surface area contributed by atoms with Crippen molar-refractivity contribution in [1.29, 1.82) is 0 Å². The number of thiazole rings is 1. The Kier molecular flexibility index (Phi) is 7.11. The Bertz CT molecular complexity index is 1340. The van der Waals surface area contributed by atoms with Crippen molar-refractivity contribution in [2.75, 3.05) is 25.1 Å². The van der Waals surface area contributed by atoms with E-state index >= 15 is 0 Å². The summed E-state index contributed by atoms with van der Waals surface area (Å²) in [7, 11) is 1.35. The zero-order valence-corrected chi connectivity index (χ0v) is 18.9. The Balaban J connectivity index is 0.00000306. The lowest BCUT2D eigenvalue weighted by Crippen LogP contribution is -2.24. The third kappa shape index (κ3) is 4.32. The van der Waals surface area contributed by atoms with Crippen LogP contribution in [0.15, 0.2) is 22.3 Å². The summed E-state index contributed by atoms with van der Waals surface area (Å²) in [6.07, 6.45) is 0.290. The van der Waals surface area contributed by atoms with Crippen LogP contribution in [0.4, 0.5) is 14.6 Å². The van der Waals surface area contributed by atoms with E-state index in [-0.39, 0.29) is 36.3 Å². The number of anilines is 1. The molecule has 0 saturated carbocycles. The van der Waals surface area contributed by atoms with Crippen molar-refractivity contribution in [1.82, 2.24) is 24.7 Å². The number of rotatable bonds is 7. The first-order valence-electron chi connectivity index (χ1n) is 10.1. The summed E-state index contributed by atoms with van der Waals surface area (Å²) in [4.78, 5) is 26.7. The summed E-state index contributed by atoms with van der Waals surface area (Å²) in [5, 5.41) is 7.36. The van der Waals surface area contributed by atoms with Gasteiger partial charge in [0.25, 0.3) is 5.56 Å². The molecule has 4 aromatic rings. The Morgan fingerprint density at radius 2 is 1.94 bits per heavy atom. The van der Waals surface area contributed by atoms with Crippen LogP contribution in [0.3, 0.4) is 0 Å². The topological polar surface area (TPSA) is 88.9 Å². The third-order valence-electron chi connectivity index (χ3n) is 5.08. The maximum Gasteiger partial charge on any atom is 0.264 e. The Morgan fingerprint density at radius 1 is 1.21 bits per heavy atom. The minimum absolute atomic E-state index is 0. The van der Waals surface area contributed by atoms with Crippen LogP contribution in [0, 0.1) is 18.6 Å². The number of ether oxygens (including phenoxy) is 1. The first kappa shape index (κ1) is 24.3. The molecule has 3 aromatic heterocycles. The highest BCUT2D eigenvalue weighted by Crippen LogP contribution is 2.32. The van der Waals surface area contributed by atoms with E-state index in [1.165, 1.54) is 24.5 Å². The van der Waals surface area contributed by atoms with Gasteiger partial charge in [0.2, 0.25) is 0 Å². The van der Waals surface area contributed by atoms with Gasteiger partial charge < -0.3 is 14.6 Å². The quantitative estimate of drug-likeness (QED) is 0.429. The molecule has 0 aliphatic rings. The van der Waals surface area contributed by atoms with Crippen LogP contribution in [0.2, 0.25) is 0 Å². The standard InChI is InChI=1S/C21H22F2N6O2S.CH4/c1-5-28(6-2)20-16-19(25-14(26-21(16)30)9-15-24-11(3)10-32-15)29(27-20)18-13(31-4)8-7-12(22)17(18)23;/h7-8,10H,5-6,9H2,1-4H3,(H,25,26,30);1H4. The SMILES string of the molecule is C.CCN(CC)c1nn(-c2c(OC)ccc(F)c2F)c2nc(Cc3nc(C)cs3)[nH]c(=O)c12. The molecule has 3 heterocycles. The molecule has 4 rings (SSSR count). The van der Waals surface area contributed by atoms with E-state index < -0.39 is 17.2 Å². The van der Waals surface area contributed by atoms with E-state index in [4.69, 9.17) is 4.74 Å². The van der Waals surface area contributed by atoms with Crippen LogP contribution in [0.5, 0.6) is 5.75 Å². The average molecular weight is 477 g/mol. The highest BCUT2D eigenvalue weighted by atomic mass is 32.1. The van der Waals surface area contributed by atoms with Gasteiger partial charge in [-0.05, 0) is 32.9 Å². The fourth-order valence-corrected chi connectivity index (χ4v) is 4.33. The van der Waals surface area contributed by atoms with Gasteiger partial charge in [-0.1, -0.05) is 7.43 Å². The van der Waals surface area contributed by atoms with Gasteiger partial charge in [-0.3, -0.25) is 4.79 Å². The zero-order valence-electron chi connectivity index (χ0n) is 18.1. The predicted octanol–water partition coefficient (Wildman–Crippen LogP) is 4.23. The molecule has 0 aliphatic heterocycles. The normalized spacial score (nSPS) is 11.0. The molecule has 0 radical (unpaired) electrons. The zero-order chi connectivity index (χ0) is 23.0. The van der Waals surface area contributed by atoms with E-state index in [1.54, 1.807) is 0 Å². The molecular formula is C22H26F2N6O2S. The summed E-state index contributed by atoms with van der Waals surface area (Å²) in [5.41, 5.74) is 0.322. The lowest BCUT2D eigenvalue weighted by molar-refractivity contribution is 0.402.